The Balaban J connectivity index is 1.45. The van der Waals surface area contributed by atoms with Crippen LogP contribution in [0.25, 0.3) is 11.3 Å². The zero-order valence-electron chi connectivity index (χ0n) is 21.1. The number of piperazine rings is 1. The van der Waals surface area contributed by atoms with Crippen LogP contribution in [0.4, 0.5) is 10.7 Å². The summed E-state index contributed by atoms with van der Waals surface area (Å²) in [7, 11) is 0. The highest BCUT2D eigenvalue weighted by Gasteiger charge is 2.31. The Labute approximate surface area is 226 Å². The molecule has 1 aromatic carbocycles. The van der Waals surface area contributed by atoms with Gasteiger partial charge in [0.2, 0.25) is 11.8 Å². The van der Waals surface area contributed by atoms with Gasteiger partial charge in [-0.3, -0.25) is 0 Å². The van der Waals surface area contributed by atoms with Crippen LogP contribution >= 0.6 is 23.2 Å². The second-order valence-corrected chi connectivity index (χ2v) is 10.7. The fourth-order valence-corrected chi connectivity index (χ4v) is 4.46. The lowest BCUT2D eigenvalue weighted by Gasteiger charge is -2.40. The summed E-state index contributed by atoms with van der Waals surface area (Å²) in [5.41, 5.74) is 1.33. The highest BCUT2D eigenvalue weighted by Crippen LogP contribution is 2.30. The minimum atomic E-state index is -0.541. The largest absolute Gasteiger partial charge is 0.444 e. The Morgan fingerprint density at radius 1 is 1.08 bits per heavy atom. The number of anilines is 1. The molecule has 0 radical (unpaired) electrons. The van der Waals surface area contributed by atoms with Crippen LogP contribution in [0, 0.1) is 0 Å². The van der Waals surface area contributed by atoms with Gasteiger partial charge in [-0.05, 0) is 57.5 Å². The van der Waals surface area contributed by atoms with Crippen molar-refractivity contribution in [1.82, 2.24) is 19.9 Å². The molecule has 196 valence electrons. The number of aliphatic hydroxyl groups excluding tert-OH is 1. The third kappa shape index (κ3) is 7.00. The molecule has 0 spiro atoms. The molecule has 0 aliphatic carbocycles. The Morgan fingerprint density at radius 3 is 2.35 bits per heavy atom. The first-order valence-corrected chi connectivity index (χ1v) is 12.6. The van der Waals surface area contributed by atoms with E-state index >= 15 is 0 Å². The molecule has 1 fully saturated rings. The Hall–Kier alpha value is -3.14. The molecule has 3 heterocycles. The molecule has 0 bridgehead atoms. The number of pyridine rings is 1. The minimum Gasteiger partial charge on any atom is -0.444 e. The topological polar surface area (TPSA) is 101 Å². The average Bonchev–Trinajstić information content (AvgIpc) is 2.82. The fourth-order valence-electron chi connectivity index (χ4n) is 3.93. The van der Waals surface area contributed by atoms with Crippen molar-refractivity contribution in [2.75, 3.05) is 24.5 Å². The molecule has 0 unspecified atom stereocenters. The number of halogens is 2. The van der Waals surface area contributed by atoms with Crippen molar-refractivity contribution >= 4 is 35.2 Å². The van der Waals surface area contributed by atoms with E-state index in [1.165, 1.54) is 0 Å². The average molecular weight is 546 g/mol. The molecule has 1 amide bonds. The highest BCUT2D eigenvalue weighted by atomic mass is 35.5. The van der Waals surface area contributed by atoms with Gasteiger partial charge < -0.3 is 24.4 Å². The number of aromatic nitrogens is 3. The summed E-state index contributed by atoms with van der Waals surface area (Å²) in [4.78, 5) is 29.7. The van der Waals surface area contributed by atoms with Crippen molar-refractivity contribution in [3.63, 3.8) is 0 Å². The van der Waals surface area contributed by atoms with Crippen LogP contribution < -0.4 is 9.64 Å². The van der Waals surface area contributed by atoms with Crippen LogP contribution in [0.1, 0.15) is 33.3 Å². The van der Waals surface area contributed by atoms with E-state index in [1.54, 1.807) is 47.6 Å². The number of carbonyl (C=O) groups is 1. The zero-order chi connectivity index (χ0) is 26.7. The summed E-state index contributed by atoms with van der Waals surface area (Å²) >= 11 is 12.3. The van der Waals surface area contributed by atoms with Crippen LogP contribution in [0.2, 0.25) is 10.0 Å². The number of nitrogens with zero attached hydrogens (tertiary/aromatic N) is 5. The first-order valence-electron chi connectivity index (χ1n) is 11.8. The van der Waals surface area contributed by atoms with Gasteiger partial charge in [-0.2, -0.15) is 0 Å². The number of rotatable bonds is 5. The second-order valence-electron chi connectivity index (χ2n) is 9.80. The van der Waals surface area contributed by atoms with E-state index in [0.29, 0.717) is 58.2 Å². The first kappa shape index (κ1) is 26.9. The molecule has 1 aliphatic rings. The monoisotopic (exact) mass is 545 g/mol. The molecule has 1 atom stereocenters. The number of amides is 1. The molecule has 1 aliphatic heterocycles. The van der Waals surface area contributed by atoms with E-state index < -0.39 is 5.60 Å². The van der Waals surface area contributed by atoms with Crippen LogP contribution in [0.15, 0.2) is 42.7 Å². The predicted octanol–water partition coefficient (Wildman–Crippen LogP) is 5.58. The standard InChI is InChI=1S/C26H29Cl2N5O4/c1-16-14-32(5-6-33(16)25(35)37-26(2,3)4)24-29-12-21(13-30-24)36-23-8-17(15-34)7-22(31-23)18-9-19(27)11-20(28)10-18/h7-13,16,34H,5-6,14-15H2,1-4H3/t16-/m0/s1. The lowest BCUT2D eigenvalue weighted by Crippen LogP contribution is -2.55. The summed E-state index contributed by atoms with van der Waals surface area (Å²) in [5, 5.41) is 10.7. The lowest BCUT2D eigenvalue weighted by molar-refractivity contribution is 0.0158. The molecular formula is C26H29Cl2N5O4. The highest BCUT2D eigenvalue weighted by molar-refractivity contribution is 6.35. The minimum absolute atomic E-state index is 0.0630. The molecule has 2 aromatic heterocycles. The molecule has 1 saturated heterocycles. The maximum atomic E-state index is 12.5. The van der Waals surface area contributed by atoms with Crippen molar-refractivity contribution in [2.24, 2.45) is 0 Å². The van der Waals surface area contributed by atoms with Gasteiger partial charge in [0.15, 0.2) is 5.75 Å². The smallest absolute Gasteiger partial charge is 0.410 e. The molecule has 9 nitrogen and oxygen atoms in total. The summed E-state index contributed by atoms with van der Waals surface area (Å²) in [6, 6.07) is 8.43. The number of ether oxygens (including phenoxy) is 2. The molecule has 0 saturated carbocycles. The summed E-state index contributed by atoms with van der Waals surface area (Å²) in [5.74, 6) is 1.20. The van der Waals surface area contributed by atoms with Crippen molar-refractivity contribution in [2.45, 2.75) is 45.9 Å². The van der Waals surface area contributed by atoms with Crippen molar-refractivity contribution < 1.29 is 19.4 Å². The third-order valence-electron chi connectivity index (χ3n) is 5.58. The van der Waals surface area contributed by atoms with Gasteiger partial charge in [0.25, 0.3) is 0 Å². The van der Waals surface area contributed by atoms with Crippen molar-refractivity contribution in [1.29, 1.82) is 0 Å². The molecule has 11 heteroatoms. The quantitative estimate of drug-likeness (QED) is 0.443. The number of aliphatic hydroxyl groups is 1. The van der Waals surface area contributed by atoms with Crippen LogP contribution in [0.5, 0.6) is 11.6 Å². The Kier molecular flexibility index (Phi) is 8.06. The summed E-state index contributed by atoms with van der Waals surface area (Å²) in [6.07, 6.45) is 2.81. The van der Waals surface area contributed by atoms with E-state index in [2.05, 4.69) is 15.0 Å². The second kappa shape index (κ2) is 11.1. The Bertz CT molecular complexity index is 1250. The number of carbonyl (C=O) groups excluding carboxylic acids is 1. The molecular weight excluding hydrogens is 517 g/mol. The van der Waals surface area contributed by atoms with Crippen LogP contribution in [0.3, 0.4) is 0 Å². The van der Waals surface area contributed by atoms with E-state index in [1.807, 2.05) is 32.6 Å². The summed E-state index contributed by atoms with van der Waals surface area (Å²) in [6.45, 7) is 9.00. The predicted molar refractivity (Wildman–Crippen MR) is 142 cm³/mol. The molecule has 4 rings (SSSR count). The van der Waals surface area contributed by atoms with E-state index in [0.717, 1.165) is 0 Å². The SMILES string of the molecule is C[C@H]1CN(c2ncc(Oc3cc(CO)cc(-c4cc(Cl)cc(Cl)c4)n3)cn2)CCN1C(=O)OC(C)(C)C. The normalized spacial score (nSPS) is 16.0. The van der Waals surface area contributed by atoms with Gasteiger partial charge in [-0.25, -0.2) is 19.7 Å². The maximum Gasteiger partial charge on any atom is 0.410 e. The third-order valence-corrected chi connectivity index (χ3v) is 6.01. The van der Waals surface area contributed by atoms with Crippen molar-refractivity contribution in [3.05, 3.63) is 58.3 Å². The van der Waals surface area contributed by atoms with Gasteiger partial charge in [-0.15, -0.1) is 0 Å². The molecule has 1 N–H and O–H groups in total. The van der Waals surface area contributed by atoms with E-state index in [4.69, 9.17) is 32.7 Å². The van der Waals surface area contributed by atoms with Gasteiger partial charge in [-0.1, -0.05) is 23.2 Å². The van der Waals surface area contributed by atoms with Gasteiger partial charge in [0, 0.05) is 47.4 Å². The first-order chi connectivity index (χ1) is 17.5. The number of hydrogen-bond acceptors (Lipinski definition) is 8. The molecule has 3 aromatic rings. The number of benzene rings is 1. The molecule has 37 heavy (non-hydrogen) atoms. The lowest BCUT2D eigenvalue weighted by atomic mass is 10.1. The van der Waals surface area contributed by atoms with Gasteiger partial charge in [0.1, 0.15) is 5.60 Å². The van der Waals surface area contributed by atoms with Crippen molar-refractivity contribution in [3.8, 4) is 22.9 Å². The fraction of sp³-hybridized carbons (Fsp3) is 0.385. The zero-order valence-corrected chi connectivity index (χ0v) is 22.6. The van der Waals surface area contributed by atoms with Crippen LogP contribution in [-0.2, 0) is 11.3 Å². The maximum absolute atomic E-state index is 12.5. The van der Waals surface area contributed by atoms with Crippen LogP contribution in [-0.4, -0.2) is 62.3 Å². The summed E-state index contributed by atoms with van der Waals surface area (Å²) < 4.78 is 11.4. The van der Waals surface area contributed by atoms with E-state index in [-0.39, 0.29) is 24.6 Å². The number of hydrogen-bond donors (Lipinski definition) is 1. The Morgan fingerprint density at radius 2 is 1.76 bits per heavy atom. The van der Waals surface area contributed by atoms with E-state index in [9.17, 15) is 9.90 Å². The van der Waals surface area contributed by atoms with Gasteiger partial charge >= 0.3 is 6.09 Å². The van der Waals surface area contributed by atoms with Gasteiger partial charge in [0.05, 0.1) is 24.7 Å².